The second-order valence-electron chi connectivity index (χ2n) is 4.61. The predicted molar refractivity (Wildman–Crippen MR) is 75.1 cm³/mol. The van der Waals surface area contributed by atoms with Gasteiger partial charge in [-0.25, -0.2) is 0 Å². The Balaban J connectivity index is 1.88. The maximum Gasteiger partial charge on any atom is 0.220 e. The maximum absolute atomic E-state index is 11.4. The number of phenols is 1. The first kappa shape index (κ1) is 13.9. The van der Waals surface area contributed by atoms with Crippen molar-refractivity contribution in [3.8, 4) is 5.75 Å². The summed E-state index contributed by atoms with van der Waals surface area (Å²) in [5.41, 5.74) is 6.94. The molecule has 2 rings (SSSR count). The van der Waals surface area contributed by atoms with E-state index in [1.165, 1.54) is 0 Å². The van der Waals surface area contributed by atoms with Gasteiger partial charge in [0.25, 0.3) is 0 Å². The third-order valence-electron chi connectivity index (χ3n) is 3.07. The van der Waals surface area contributed by atoms with E-state index in [0.717, 1.165) is 16.5 Å². The second-order valence-corrected chi connectivity index (χ2v) is 4.61. The van der Waals surface area contributed by atoms with Crippen molar-refractivity contribution < 1.29 is 14.7 Å². The molecular weight excluding hydrogens is 258 g/mol. The number of hydrogen-bond acceptors (Lipinski definition) is 3. The Morgan fingerprint density at radius 2 is 2.10 bits per heavy atom. The Kier molecular flexibility index (Phi) is 4.24. The van der Waals surface area contributed by atoms with Crippen LogP contribution in [0.3, 0.4) is 0 Å². The number of aromatic hydroxyl groups is 1. The Bertz CT molecular complexity index is 634. The number of nitrogens with two attached hydrogens (primary N) is 1. The molecule has 106 valence electrons. The Labute approximate surface area is 116 Å². The molecule has 1 aromatic carbocycles. The lowest BCUT2D eigenvalue weighted by Crippen LogP contribution is -2.26. The fourth-order valence-electron chi connectivity index (χ4n) is 2.03. The molecule has 0 aliphatic rings. The lowest BCUT2D eigenvalue weighted by molar-refractivity contribution is -0.125. The number of H-pyrrole nitrogens is 1. The smallest absolute Gasteiger partial charge is 0.220 e. The van der Waals surface area contributed by atoms with Crippen LogP contribution in [-0.4, -0.2) is 28.4 Å². The Morgan fingerprint density at radius 3 is 2.85 bits per heavy atom. The summed E-state index contributed by atoms with van der Waals surface area (Å²) < 4.78 is 0. The number of primary amides is 1. The lowest BCUT2D eigenvalue weighted by atomic mass is 10.1. The maximum atomic E-state index is 11.4. The highest BCUT2D eigenvalue weighted by molar-refractivity contribution is 5.85. The third-order valence-corrected chi connectivity index (χ3v) is 3.07. The summed E-state index contributed by atoms with van der Waals surface area (Å²) in [5, 5.41) is 13.2. The number of aromatic nitrogens is 1. The van der Waals surface area contributed by atoms with Crippen LogP contribution >= 0.6 is 0 Å². The number of hydrogen-bond donors (Lipinski definition) is 4. The number of rotatable bonds is 6. The number of aromatic amines is 1. The molecule has 20 heavy (non-hydrogen) atoms. The van der Waals surface area contributed by atoms with E-state index in [1.807, 2.05) is 6.20 Å². The fraction of sp³-hybridized carbons (Fsp3) is 0.286. The van der Waals surface area contributed by atoms with Crippen LogP contribution in [0.5, 0.6) is 5.75 Å². The average molecular weight is 275 g/mol. The molecule has 1 aromatic heterocycles. The summed E-state index contributed by atoms with van der Waals surface area (Å²) in [6.45, 7) is 0.472. The van der Waals surface area contributed by atoms with Crippen LogP contribution in [0.25, 0.3) is 10.9 Å². The first-order valence-electron chi connectivity index (χ1n) is 6.40. The van der Waals surface area contributed by atoms with Crippen LogP contribution in [0.4, 0.5) is 0 Å². The zero-order valence-corrected chi connectivity index (χ0v) is 11.0. The average Bonchev–Trinajstić information content (AvgIpc) is 2.79. The van der Waals surface area contributed by atoms with Gasteiger partial charge in [0, 0.05) is 36.5 Å². The quantitative estimate of drug-likeness (QED) is 0.626. The van der Waals surface area contributed by atoms with E-state index in [0.29, 0.717) is 13.0 Å². The number of amides is 2. The minimum Gasteiger partial charge on any atom is -0.508 e. The van der Waals surface area contributed by atoms with E-state index in [-0.39, 0.29) is 24.5 Å². The van der Waals surface area contributed by atoms with Gasteiger partial charge in [0.2, 0.25) is 11.8 Å². The minimum atomic E-state index is -0.479. The van der Waals surface area contributed by atoms with Gasteiger partial charge in [-0.3, -0.25) is 9.59 Å². The van der Waals surface area contributed by atoms with Crippen molar-refractivity contribution in [3.05, 3.63) is 30.0 Å². The van der Waals surface area contributed by atoms with E-state index < -0.39 is 5.91 Å². The molecule has 0 atom stereocenters. The second kappa shape index (κ2) is 6.10. The summed E-state index contributed by atoms with van der Waals surface area (Å²) in [7, 11) is 0. The van der Waals surface area contributed by atoms with Gasteiger partial charge in [0.15, 0.2) is 0 Å². The minimum absolute atomic E-state index is 0.0623. The van der Waals surface area contributed by atoms with E-state index in [9.17, 15) is 14.7 Å². The molecule has 0 saturated carbocycles. The molecule has 0 unspecified atom stereocenters. The number of carbonyl (C=O) groups is 2. The van der Waals surface area contributed by atoms with Crippen molar-refractivity contribution in [1.29, 1.82) is 0 Å². The summed E-state index contributed by atoms with van der Waals surface area (Å²) in [5.74, 6) is -0.456. The molecule has 1 heterocycles. The van der Waals surface area contributed by atoms with Crippen LogP contribution in [-0.2, 0) is 16.0 Å². The first-order valence-corrected chi connectivity index (χ1v) is 6.40. The standard InChI is InChI=1S/C14H17N3O3/c15-13(19)3-4-14(20)16-6-5-9-8-17-12-2-1-10(18)7-11(9)12/h1-2,7-8,17-18H,3-6H2,(H2,15,19)(H,16,20). The van der Waals surface area contributed by atoms with Crippen molar-refractivity contribution in [2.45, 2.75) is 19.3 Å². The molecule has 2 aromatic rings. The van der Waals surface area contributed by atoms with Crippen molar-refractivity contribution in [2.24, 2.45) is 5.73 Å². The molecule has 5 N–H and O–H groups in total. The Hall–Kier alpha value is -2.50. The highest BCUT2D eigenvalue weighted by Crippen LogP contribution is 2.22. The topological polar surface area (TPSA) is 108 Å². The van der Waals surface area contributed by atoms with Gasteiger partial charge >= 0.3 is 0 Å². The van der Waals surface area contributed by atoms with Gasteiger partial charge in [-0.05, 0) is 30.2 Å². The number of benzene rings is 1. The summed E-state index contributed by atoms with van der Waals surface area (Å²) in [6.07, 6.45) is 2.68. The molecule has 0 fully saturated rings. The predicted octanol–water partition coefficient (Wildman–Crippen LogP) is 0.798. The third kappa shape index (κ3) is 3.50. The van der Waals surface area contributed by atoms with Crippen molar-refractivity contribution in [1.82, 2.24) is 10.3 Å². The van der Waals surface area contributed by atoms with Crippen LogP contribution < -0.4 is 11.1 Å². The Morgan fingerprint density at radius 1 is 1.30 bits per heavy atom. The summed E-state index contributed by atoms with van der Waals surface area (Å²) in [4.78, 5) is 25.1. The number of nitrogens with one attached hydrogen (secondary N) is 2. The van der Waals surface area contributed by atoms with Gasteiger partial charge in [0.05, 0.1) is 0 Å². The zero-order valence-electron chi connectivity index (χ0n) is 11.0. The van der Waals surface area contributed by atoms with Crippen LogP contribution in [0, 0.1) is 0 Å². The van der Waals surface area contributed by atoms with E-state index in [2.05, 4.69) is 10.3 Å². The highest BCUT2D eigenvalue weighted by atomic mass is 16.3. The number of phenolic OH excluding ortho intramolecular Hbond substituents is 1. The van der Waals surface area contributed by atoms with E-state index in [1.54, 1.807) is 18.2 Å². The van der Waals surface area contributed by atoms with Crippen LogP contribution in [0.1, 0.15) is 18.4 Å². The van der Waals surface area contributed by atoms with Crippen molar-refractivity contribution >= 4 is 22.7 Å². The molecule has 6 heteroatoms. The van der Waals surface area contributed by atoms with Gasteiger partial charge in [-0.15, -0.1) is 0 Å². The number of carbonyl (C=O) groups excluding carboxylic acids is 2. The van der Waals surface area contributed by atoms with Crippen LogP contribution in [0.15, 0.2) is 24.4 Å². The normalized spacial score (nSPS) is 10.6. The number of fused-ring (bicyclic) bond motifs is 1. The molecular formula is C14H17N3O3. The molecule has 6 nitrogen and oxygen atoms in total. The van der Waals surface area contributed by atoms with Gasteiger partial charge in [-0.2, -0.15) is 0 Å². The first-order chi connectivity index (χ1) is 9.56. The molecule has 0 spiro atoms. The SMILES string of the molecule is NC(=O)CCC(=O)NCCc1c[nH]c2ccc(O)cc12. The molecule has 0 radical (unpaired) electrons. The highest BCUT2D eigenvalue weighted by Gasteiger charge is 2.06. The van der Waals surface area contributed by atoms with Crippen molar-refractivity contribution in [2.75, 3.05) is 6.54 Å². The van der Waals surface area contributed by atoms with Gasteiger partial charge < -0.3 is 21.1 Å². The zero-order chi connectivity index (χ0) is 14.5. The monoisotopic (exact) mass is 275 g/mol. The van der Waals surface area contributed by atoms with E-state index >= 15 is 0 Å². The van der Waals surface area contributed by atoms with Gasteiger partial charge in [0.1, 0.15) is 5.75 Å². The molecule has 0 aliphatic carbocycles. The molecule has 0 aliphatic heterocycles. The summed E-state index contributed by atoms with van der Waals surface area (Å²) >= 11 is 0. The lowest BCUT2D eigenvalue weighted by Gasteiger charge is -2.04. The van der Waals surface area contributed by atoms with Crippen LogP contribution in [0.2, 0.25) is 0 Å². The van der Waals surface area contributed by atoms with Crippen molar-refractivity contribution in [3.63, 3.8) is 0 Å². The molecule has 0 bridgehead atoms. The molecule has 0 saturated heterocycles. The fourth-order valence-corrected chi connectivity index (χ4v) is 2.03. The molecule has 2 amide bonds. The summed E-state index contributed by atoms with van der Waals surface area (Å²) in [6, 6.07) is 5.11. The van der Waals surface area contributed by atoms with Gasteiger partial charge in [-0.1, -0.05) is 0 Å². The largest absolute Gasteiger partial charge is 0.508 e. The van der Waals surface area contributed by atoms with E-state index in [4.69, 9.17) is 5.73 Å².